The van der Waals surface area contributed by atoms with Crippen molar-refractivity contribution in [3.05, 3.63) is 99.4 Å². The molecular formula is C25H19N3O3S. The van der Waals surface area contributed by atoms with Gasteiger partial charge in [0, 0.05) is 26.7 Å². The highest BCUT2D eigenvalue weighted by Crippen LogP contribution is 2.39. The van der Waals surface area contributed by atoms with E-state index in [1.807, 2.05) is 60.8 Å². The molecule has 0 spiro atoms. The first-order valence-corrected chi connectivity index (χ1v) is 10.9. The van der Waals surface area contributed by atoms with Crippen LogP contribution in [0.2, 0.25) is 0 Å². The monoisotopic (exact) mass is 441 g/mol. The number of fused-ring (bicyclic) bond motifs is 2. The van der Waals surface area contributed by atoms with Crippen molar-refractivity contribution in [2.75, 3.05) is 5.32 Å². The zero-order valence-electron chi connectivity index (χ0n) is 17.1. The predicted molar refractivity (Wildman–Crippen MR) is 125 cm³/mol. The molecule has 1 aromatic heterocycles. The third-order valence-corrected chi connectivity index (χ3v) is 6.74. The molecular weight excluding hydrogens is 422 g/mol. The van der Waals surface area contributed by atoms with E-state index in [-0.39, 0.29) is 22.9 Å². The number of benzene rings is 3. The first-order chi connectivity index (χ1) is 15.5. The molecule has 32 heavy (non-hydrogen) atoms. The van der Waals surface area contributed by atoms with Gasteiger partial charge in [-0.3, -0.25) is 14.4 Å². The summed E-state index contributed by atoms with van der Waals surface area (Å²) in [6.45, 7) is 1.95. The van der Waals surface area contributed by atoms with Gasteiger partial charge >= 0.3 is 0 Å². The molecule has 4 aromatic rings. The topological polar surface area (TPSA) is 101 Å². The van der Waals surface area contributed by atoms with Gasteiger partial charge in [0.05, 0.1) is 22.7 Å². The molecule has 1 atom stereocenters. The molecule has 3 aromatic carbocycles. The molecule has 5 rings (SSSR count). The van der Waals surface area contributed by atoms with E-state index in [2.05, 4.69) is 10.6 Å². The molecule has 0 aliphatic carbocycles. The van der Waals surface area contributed by atoms with Crippen LogP contribution in [0.3, 0.4) is 0 Å². The van der Waals surface area contributed by atoms with Gasteiger partial charge in [-0.2, -0.15) is 0 Å². The van der Waals surface area contributed by atoms with Gasteiger partial charge in [0.15, 0.2) is 0 Å². The second-order valence-electron chi connectivity index (χ2n) is 7.68. The molecule has 3 amide bonds. The molecule has 1 unspecified atom stereocenters. The van der Waals surface area contributed by atoms with Crippen molar-refractivity contribution in [3.63, 3.8) is 0 Å². The van der Waals surface area contributed by atoms with E-state index in [0.29, 0.717) is 16.8 Å². The Labute approximate surface area is 188 Å². The van der Waals surface area contributed by atoms with Crippen LogP contribution in [0.15, 0.2) is 66.0 Å². The zero-order chi connectivity index (χ0) is 22.4. The van der Waals surface area contributed by atoms with E-state index < -0.39 is 11.9 Å². The molecule has 0 bridgehead atoms. The Morgan fingerprint density at radius 3 is 2.53 bits per heavy atom. The Kier molecular flexibility index (Phi) is 4.75. The van der Waals surface area contributed by atoms with E-state index in [4.69, 9.17) is 5.73 Å². The summed E-state index contributed by atoms with van der Waals surface area (Å²) in [5, 5.41) is 8.61. The number of primary amides is 1. The van der Waals surface area contributed by atoms with Gasteiger partial charge in [0.25, 0.3) is 11.8 Å². The molecule has 0 fully saturated rings. The van der Waals surface area contributed by atoms with Crippen LogP contribution in [0.25, 0.3) is 10.1 Å². The fourth-order valence-electron chi connectivity index (χ4n) is 4.24. The molecule has 7 heteroatoms. The number of thiophene rings is 1. The fraction of sp³-hybridized carbons (Fsp3) is 0.0800. The predicted octanol–water partition coefficient (Wildman–Crippen LogP) is 4.39. The van der Waals surface area contributed by atoms with Gasteiger partial charge in [-0.1, -0.05) is 42.5 Å². The normalized spacial score (nSPS) is 14.8. The SMILES string of the molecule is Cc1ccccc1C1NC(=O)c2c(C(N)=O)ccc(NC(=O)c3csc4ccccc34)c21. The number of nitrogens with one attached hydrogen (secondary N) is 2. The summed E-state index contributed by atoms with van der Waals surface area (Å²) in [7, 11) is 0. The maximum Gasteiger partial charge on any atom is 0.257 e. The lowest BCUT2D eigenvalue weighted by atomic mass is 9.91. The minimum atomic E-state index is -0.691. The number of anilines is 1. The van der Waals surface area contributed by atoms with Crippen LogP contribution in [-0.4, -0.2) is 17.7 Å². The van der Waals surface area contributed by atoms with Crippen molar-refractivity contribution < 1.29 is 14.4 Å². The summed E-state index contributed by atoms with van der Waals surface area (Å²) >= 11 is 1.50. The minimum Gasteiger partial charge on any atom is -0.366 e. The average molecular weight is 442 g/mol. The Balaban J connectivity index is 1.64. The van der Waals surface area contributed by atoms with Crippen molar-refractivity contribution in [1.29, 1.82) is 0 Å². The number of nitrogens with two attached hydrogens (primary N) is 1. The lowest BCUT2D eigenvalue weighted by molar-refractivity contribution is 0.0943. The van der Waals surface area contributed by atoms with Gasteiger partial charge in [-0.25, -0.2) is 0 Å². The number of amides is 3. The molecule has 2 heterocycles. The van der Waals surface area contributed by atoms with Crippen LogP contribution in [0.1, 0.15) is 53.8 Å². The Morgan fingerprint density at radius 2 is 1.75 bits per heavy atom. The quantitative estimate of drug-likeness (QED) is 0.438. The minimum absolute atomic E-state index is 0.132. The second-order valence-corrected chi connectivity index (χ2v) is 8.59. The van der Waals surface area contributed by atoms with Gasteiger partial charge in [-0.15, -0.1) is 11.3 Å². The Morgan fingerprint density at radius 1 is 1.00 bits per heavy atom. The molecule has 4 N–H and O–H groups in total. The number of carbonyl (C=O) groups excluding carboxylic acids is 3. The Hall–Kier alpha value is -3.97. The number of hydrogen-bond donors (Lipinski definition) is 3. The molecule has 1 aliphatic heterocycles. The molecule has 0 radical (unpaired) electrons. The maximum absolute atomic E-state index is 13.2. The number of carbonyl (C=O) groups is 3. The molecule has 6 nitrogen and oxygen atoms in total. The summed E-state index contributed by atoms with van der Waals surface area (Å²) < 4.78 is 1.02. The largest absolute Gasteiger partial charge is 0.366 e. The number of rotatable bonds is 4. The molecule has 0 saturated carbocycles. The highest BCUT2D eigenvalue weighted by molar-refractivity contribution is 7.17. The first-order valence-electron chi connectivity index (χ1n) is 10.1. The zero-order valence-corrected chi connectivity index (χ0v) is 18.0. The average Bonchev–Trinajstić information content (AvgIpc) is 3.36. The van der Waals surface area contributed by atoms with Crippen LogP contribution in [0, 0.1) is 6.92 Å². The van der Waals surface area contributed by atoms with Crippen molar-refractivity contribution in [1.82, 2.24) is 5.32 Å². The van der Waals surface area contributed by atoms with Crippen LogP contribution in [0.4, 0.5) is 5.69 Å². The van der Waals surface area contributed by atoms with E-state index in [1.165, 1.54) is 17.4 Å². The smallest absolute Gasteiger partial charge is 0.257 e. The lowest BCUT2D eigenvalue weighted by Gasteiger charge is -2.19. The highest BCUT2D eigenvalue weighted by Gasteiger charge is 2.36. The summed E-state index contributed by atoms with van der Waals surface area (Å²) in [5.41, 5.74) is 9.33. The van der Waals surface area contributed by atoms with Crippen LogP contribution >= 0.6 is 11.3 Å². The number of aryl methyl sites for hydroxylation is 1. The van der Waals surface area contributed by atoms with Crippen molar-refractivity contribution >= 4 is 44.8 Å². The lowest BCUT2D eigenvalue weighted by Crippen LogP contribution is -2.22. The third-order valence-electron chi connectivity index (χ3n) is 5.78. The molecule has 1 aliphatic rings. The number of hydrogen-bond acceptors (Lipinski definition) is 4. The van der Waals surface area contributed by atoms with Crippen molar-refractivity contribution in [2.24, 2.45) is 5.73 Å². The Bertz CT molecular complexity index is 1420. The van der Waals surface area contributed by atoms with E-state index >= 15 is 0 Å². The van der Waals surface area contributed by atoms with Crippen LogP contribution in [0.5, 0.6) is 0 Å². The summed E-state index contributed by atoms with van der Waals surface area (Å²) in [5.74, 6) is -1.36. The van der Waals surface area contributed by atoms with Gasteiger partial charge in [0.2, 0.25) is 5.91 Å². The van der Waals surface area contributed by atoms with Gasteiger partial charge in [-0.05, 0) is 36.2 Å². The third kappa shape index (κ3) is 3.14. The van der Waals surface area contributed by atoms with Crippen molar-refractivity contribution in [3.8, 4) is 0 Å². The summed E-state index contributed by atoms with van der Waals surface area (Å²) in [6.07, 6.45) is 0. The van der Waals surface area contributed by atoms with Crippen molar-refractivity contribution in [2.45, 2.75) is 13.0 Å². The van der Waals surface area contributed by atoms with Crippen LogP contribution < -0.4 is 16.4 Å². The molecule has 0 saturated heterocycles. The second kappa shape index (κ2) is 7.62. The first kappa shape index (κ1) is 20.0. The van der Waals surface area contributed by atoms with E-state index in [9.17, 15) is 14.4 Å². The van der Waals surface area contributed by atoms with Crippen LogP contribution in [-0.2, 0) is 0 Å². The van der Waals surface area contributed by atoms with Gasteiger partial charge in [0.1, 0.15) is 0 Å². The standard InChI is InChI=1S/C25H19N3O3S/c1-13-6-2-3-7-14(13)22-21-18(11-10-16(23(26)29)20(21)25(31)28-22)27-24(30)17-12-32-19-9-5-4-8-15(17)19/h2-12,22H,1H3,(H2,26,29)(H,27,30)(H,28,31). The van der Waals surface area contributed by atoms with E-state index in [1.54, 1.807) is 6.07 Å². The van der Waals surface area contributed by atoms with Gasteiger partial charge < -0.3 is 16.4 Å². The maximum atomic E-state index is 13.2. The summed E-state index contributed by atoms with van der Waals surface area (Å²) in [6, 6.07) is 18.0. The molecule has 158 valence electrons. The fourth-order valence-corrected chi connectivity index (χ4v) is 5.18. The summed E-state index contributed by atoms with van der Waals surface area (Å²) in [4.78, 5) is 38.1. The van der Waals surface area contributed by atoms with E-state index in [0.717, 1.165) is 21.2 Å². The highest BCUT2D eigenvalue weighted by atomic mass is 32.1.